The van der Waals surface area contributed by atoms with Gasteiger partial charge in [-0.2, -0.15) is 5.10 Å². The van der Waals surface area contributed by atoms with Gasteiger partial charge in [0.05, 0.1) is 0 Å². The van der Waals surface area contributed by atoms with Crippen molar-refractivity contribution in [3.63, 3.8) is 0 Å². The van der Waals surface area contributed by atoms with E-state index in [1.165, 1.54) is 17.7 Å². The minimum Gasteiger partial charge on any atom is -0.382 e. The molecule has 72 valence electrons. The van der Waals surface area contributed by atoms with Crippen LogP contribution in [-0.2, 0) is 18.4 Å². The molecule has 1 aliphatic carbocycles. The van der Waals surface area contributed by atoms with Crippen LogP contribution in [-0.4, -0.2) is 9.78 Å². The third-order valence-corrected chi connectivity index (χ3v) is 3.02. The Morgan fingerprint density at radius 1 is 1.54 bits per heavy atom. The number of nitrogens with zero attached hydrogens (tertiary/aromatic N) is 2. The number of rotatable bonds is 1. The van der Waals surface area contributed by atoms with Crippen LogP contribution in [0.5, 0.6) is 0 Å². The van der Waals surface area contributed by atoms with Crippen molar-refractivity contribution in [2.24, 2.45) is 0 Å². The van der Waals surface area contributed by atoms with E-state index in [1.807, 2.05) is 0 Å². The predicted molar refractivity (Wildman–Crippen MR) is 53.7 cm³/mol. The average Bonchev–Trinajstić information content (AvgIpc) is 2.53. The summed E-state index contributed by atoms with van der Waals surface area (Å²) in [4.78, 5) is 0. The van der Waals surface area contributed by atoms with Gasteiger partial charge in [0.2, 0.25) is 0 Å². The maximum Gasteiger partial charge on any atom is 0.148 e. The van der Waals surface area contributed by atoms with Gasteiger partial charge in [-0.1, -0.05) is 13.8 Å². The molecule has 1 heterocycles. The molecule has 0 atom stereocenters. The van der Waals surface area contributed by atoms with Crippen LogP contribution in [0.4, 0.5) is 5.82 Å². The third kappa shape index (κ3) is 1.06. The zero-order valence-corrected chi connectivity index (χ0v) is 8.59. The van der Waals surface area contributed by atoms with Gasteiger partial charge in [0.25, 0.3) is 0 Å². The minimum atomic E-state index is 0.260. The van der Waals surface area contributed by atoms with E-state index in [1.54, 1.807) is 0 Å². The van der Waals surface area contributed by atoms with Crippen molar-refractivity contribution in [3.05, 3.63) is 11.3 Å². The first-order valence-electron chi connectivity index (χ1n) is 4.92. The summed E-state index contributed by atoms with van der Waals surface area (Å²) in [5, 5.41) is 4.34. The Hall–Kier alpha value is -0.990. The van der Waals surface area contributed by atoms with Gasteiger partial charge in [-0.05, 0) is 19.8 Å². The molecule has 0 saturated carbocycles. The number of aromatic nitrogens is 2. The van der Waals surface area contributed by atoms with Crippen LogP contribution in [0.1, 0.15) is 38.4 Å². The SMILES string of the molecule is CCn1nc(N)c2c1C(C)(C)CC2. The summed E-state index contributed by atoms with van der Waals surface area (Å²) in [7, 11) is 0. The van der Waals surface area contributed by atoms with Crippen molar-refractivity contribution in [1.29, 1.82) is 0 Å². The Morgan fingerprint density at radius 3 is 2.85 bits per heavy atom. The van der Waals surface area contributed by atoms with E-state index in [0.717, 1.165) is 18.8 Å². The zero-order chi connectivity index (χ0) is 9.64. The van der Waals surface area contributed by atoms with Crippen LogP contribution in [0, 0.1) is 0 Å². The van der Waals surface area contributed by atoms with Gasteiger partial charge in [0.15, 0.2) is 0 Å². The summed E-state index contributed by atoms with van der Waals surface area (Å²) in [6, 6.07) is 0. The fourth-order valence-electron chi connectivity index (χ4n) is 2.31. The van der Waals surface area contributed by atoms with E-state index >= 15 is 0 Å². The normalized spacial score (nSPS) is 19.0. The number of fused-ring (bicyclic) bond motifs is 1. The smallest absolute Gasteiger partial charge is 0.148 e. The maximum absolute atomic E-state index is 5.86. The summed E-state index contributed by atoms with van der Waals surface area (Å²) in [5.41, 5.74) is 8.76. The van der Waals surface area contributed by atoms with Crippen molar-refractivity contribution in [2.75, 3.05) is 5.73 Å². The second-order valence-corrected chi connectivity index (χ2v) is 4.41. The fraction of sp³-hybridized carbons (Fsp3) is 0.700. The zero-order valence-electron chi connectivity index (χ0n) is 8.59. The van der Waals surface area contributed by atoms with Crippen LogP contribution < -0.4 is 5.73 Å². The van der Waals surface area contributed by atoms with E-state index in [-0.39, 0.29) is 5.41 Å². The molecule has 0 spiro atoms. The van der Waals surface area contributed by atoms with E-state index in [2.05, 4.69) is 30.6 Å². The van der Waals surface area contributed by atoms with Crippen LogP contribution >= 0.6 is 0 Å². The molecule has 1 aliphatic rings. The van der Waals surface area contributed by atoms with Gasteiger partial charge in [-0.3, -0.25) is 4.68 Å². The molecule has 0 unspecified atom stereocenters. The highest BCUT2D eigenvalue weighted by molar-refractivity contribution is 5.48. The van der Waals surface area contributed by atoms with Gasteiger partial charge in [0.1, 0.15) is 5.82 Å². The molecule has 0 aliphatic heterocycles. The molecular formula is C10H17N3. The Labute approximate surface area is 78.9 Å². The van der Waals surface area contributed by atoms with E-state index < -0.39 is 0 Å². The number of nitrogen functional groups attached to an aromatic ring is 1. The quantitative estimate of drug-likeness (QED) is 0.713. The van der Waals surface area contributed by atoms with Gasteiger partial charge in [0, 0.05) is 23.2 Å². The molecule has 3 nitrogen and oxygen atoms in total. The second-order valence-electron chi connectivity index (χ2n) is 4.41. The molecule has 0 bridgehead atoms. The Kier molecular flexibility index (Phi) is 1.65. The first kappa shape index (κ1) is 8.60. The first-order chi connectivity index (χ1) is 6.06. The van der Waals surface area contributed by atoms with Crippen molar-refractivity contribution in [2.45, 2.75) is 45.6 Å². The summed E-state index contributed by atoms with van der Waals surface area (Å²) in [6.45, 7) is 7.57. The Bertz CT molecular complexity index is 336. The highest BCUT2D eigenvalue weighted by Gasteiger charge is 2.35. The summed E-state index contributed by atoms with van der Waals surface area (Å²) in [6.07, 6.45) is 2.29. The van der Waals surface area contributed by atoms with Gasteiger partial charge in [-0.15, -0.1) is 0 Å². The van der Waals surface area contributed by atoms with Crippen molar-refractivity contribution in [1.82, 2.24) is 9.78 Å². The average molecular weight is 179 g/mol. The van der Waals surface area contributed by atoms with Crippen LogP contribution in [0.3, 0.4) is 0 Å². The molecule has 0 aromatic carbocycles. The van der Waals surface area contributed by atoms with E-state index in [0.29, 0.717) is 0 Å². The largest absolute Gasteiger partial charge is 0.382 e. The second kappa shape index (κ2) is 2.50. The maximum atomic E-state index is 5.86. The lowest BCUT2D eigenvalue weighted by Gasteiger charge is -2.19. The molecule has 0 radical (unpaired) electrons. The van der Waals surface area contributed by atoms with Crippen LogP contribution in [0.25, 0.3) is 0 Å². The lowest BCUT2D eigenvalue weighted by atomic mass is 9.91. The van der Waals surface area contributed by atoms with Gasteiger partial charge in [-0.25, -0.2) is 0 Å². The monoisotopic (exact) mass is 179 g/mol. The number of aryl methyl sites for hydroxylation is 1. The molecule has 1 aromatic heterocycles. The van der Waals surface area contributed by atoms with Crippen molar-refractivity contribution in [3.8, 4) is 0 Å². The number of hydrogen-bond donors (Lipinski definition) is 1. The molecule has 1 aromatic rings. The number of anilines is 1. The summed E-state index contributed by atoms with van der Waals surface area (Å²) >= 11 is 0. The Balaban J connectivity index is 2.60. The summed E-state index contributed by atoms with van der Waals surface area (Å²) < 4.78 is 2.05. The molecule has 3 heteroatoms. The third-order valence-electron chi connectivity index (χ3n) is 3.02. The topological polar surface area (TPSA) is 43.8 Å². The molecular weight excluding hydrogens is 162 g/mol. The highest BCUT2D eigenvalue weighted by atomic mass is 15.3. The van der Waals surface area contributed by atoms with Crippen molar-refractivity contribution >= 4 is 5.82 Å². The Morgan fingerprint density at radius 2 is 2.23 bits per heavy atom. The van der Waals surface area contributed by atoms with E-state index in [9.17, 15) is 0 Å². The molecule has 2 N–H and O–H groups in total. The molecule has 2 rings (SSSR count). The lowest BCUT2D eigenvalue weighted by molar-refractivity contribution is 0.461. The van der Waals surface area contributed by atoms with Crippen LogP contribution in [0.15, 0.2) is 0 Å². The number of hydrogen-bond acceptors (Lipinski definition) is 2. The predicted octanol–water partition coefficient (Wildman–Crippen LogP) is 1.71. The highest BCUT2D eigenvalue weighted by Crippen LogP contribution is 2.40. The summed E-state index contributed by atoms with van der Waals surface area (Å²) in [5.74, 6) is 0.738. The lowest BCUT2D eigenvalue weighted by Crippen LogP contribution is -2.18. The first-order valence-corrected chi connectivity index (χ1v) is 4.92. The standard InChI is InChI=1S/C10H17N3/c1-4-13-8-7(9(11)12-13)5-6-10(8,2)3/h4-6H2,1-3H3,(H2,11,12). The van der Waals surface area contributed by atoms with Gasteiger partial charge >= 0.3 is 0 Å². The van der Waals surface area contributed by atoms with Crippen LogP contribution in [0.2, 0.25) is 0 Å². The van der Waals surface area contributed by atoms with Crippen molar-refractivity contribution < 1.29 is 0 Å². The molecule has 0 amide bonds. The number of nitrogens with two attached hydrogens (primary N) is 1. The molecule has 0 saturated heterocycles. The van der Waals surface area contributed by atoms with Gasteiger partial charge < -0.3 is 5.73 Å². The van der Waals surface area contributed by atoms with E-state index in [4.69, 9.17) is 5.73 Å². The fourth-order valence-corrected chi connectivity index (χ4v) is 2.31. The molecule has 13 heavy (non-hydrogen) atoms. The minimum absolute atomic E-state index is 0.260. The molecule has 0 fully saturated rings.